The van der Waals surface area contributed by atoms with Gasteiger partial charge in [0.15, 0.2) is 0 Å². The van der Waals surface area contributed by atoms with Crippen molar-refractivity contribution >= 4 is 49.9 Å². The molecule has 0 heterocycles. The zero-order chi connectivity index (χ0) is 10.4. The van der Waals surface area contributed by atoms with Crippen LogP contribution in [0.15, 0.2) is 22.2 Å². The van der Waals surface area contributed by atoms with Gasteiger partial charge in [-0.1, -0.05) is 0 Å². The topological polar surface area (TPSA) is 51.2 Å². The van der Waals surface area contributed by atoms with Gasteiger partial charge in [0.25, 0.3) is 20.4 Å². The van der Waals surface area contributed by atoms with Gasteiger partial charge in [-0.25, -0.2) is 0 Å². The molecule has 0 saturated carbocycles. The van der Waals surface area contributed by atoms with E-state index in [4.69, 9.17) is 14.4 Å². The minimum absolute atomic E-state index is 0. The van der Waals surface area contributed by atoms with Crippen LogP contribution >= 0.6 is 0 Å². The maximum atomic E-state index is 7.50. The molecule has 63 valence electrons. The second-order valence-electron chi connectivity index (χ2n) is 1.27. The van der Waals surface area contributed by atoms with Crippen molar-refractivity contribution in [1.82, 2.24) is 0 Å². The predicted octanol–water partition coefficient (Wildman–Crippen LogP) is -0.463. The van der Waals surface area contributed by atoms with Crippen LogP contribution in [0.4, 0.5) is 0 Å². The molecule has 0 N–H and O–H groups in total. The van der Waals surface area contributed by atoms with Crippen molar-refractivity contribution in [1.29, 1.82) is 0 Å². The van der Waals surface area contributed by atoms with Crippen molar-refractivity contribution in [2.75, 3.05) is 0 Å². The third-order valence-electron chi connectivity index (χ3n) is 0.737. The molecule has 1 rings (SSSR count). The Balaban J connectivity index is -0.0000000508. The van der Waals surface area contributed by atoms with E-state index in [0.717, 1.165) is 0 Å². The van der Waals surface area contributed by atoms with Crippen LogP contribution in [0.5, 0.6) is 0 Å². The van der Waals surface area contributed by atoms with Gasteiger partial charge < -0.3 is 0 Å². The molecule has 0 bridgehead atoms. The standard InChI is InChI=1S/C5H5.3CO.Mo.Na.H/c1-2-4-5-3-1;3*1-2;;;/h1-3H,4H2;;;;;;. The van der Waals surface area contributed by atoms with Crippen molar-refractivity contribution in [3.05, 3.63) is 22.2 Å². The van der Waals surface area contributed by atoms with Crippen molar-refractivity contribution in [3.8, 4) is 0 Å². The average Bonchev–Trinajstić information content (AvgIpc) is 2.66. The summed E-state index contributed by atoms with van der Waals surface area (Å²) in [4.78, 5) is 22.5. The first-order valence-corrected chi connectivity index (χ1v) is 3.54. The van der Waals surface area contributed by atoms with Crippen LogP contribution in [0.1, 0.15) is 6.42 Å². The Morgan fingerprint density at radius 1 is 1.08 bits per heavy atom. The summed E-state index contributed by atoms with van der Waals surface area (Å²) < 4.78 is 1.48. The normalized spacial score (nSPS) is 9.38. The van der Waals surface area contributed by atoms with Gasteiger partial charge in [-0.15, -0.1) is 0 Å². The number of carbonyl (C=O) groups excluding carboxylic acids is 3. The molecule has 13 heavy (non-hydrogen) atoms. The van der Waals surface area contributed by atoms with Gasteiger partial charge in [0.1, 0.15) is 0 Å². The van der Waals surface area contributed by atoms with Crippen LogP contribution in [0, 0.1) is 0 Å². The van der Waals surface area contributed by atoms with Gasteiger partial charge in [-0.3, -0.25) is 14.4 Å². The third-order valence-corrected chi connectivity index (χ3v) is 1.48. The maximum absolute atomic E-state index is 7.50. The number of rotatable bonds is 0. The molecule has 0 aromatic heterocycles. The van der Waals surface area contributed by atoms with E-state index in [0.29, 0.717) is 0 Å². The molecule has 0 saturated heterocycles. The summed E-state index contributed by atoms with van der Waals surface area (Å²) in [5, 5.41) is 0. The minimum atomic E-state index is 0. The summed E-state index contributed by atoms with van der Waals surface area (Å²) in [5.41, 5.74) is 0. The van der Waals surface area contributed by atoms with E-state index in [2.05, 4.69) is 58.4 Å². The number of hydrogen-bond acceptors (Lipinski definition) is 3. The van der Waals surface area contributed by atoms with Crippen molar-refractivity contribution in [2.24, 2.45) is 0 Å². The van der Waals surface area contributed by atoms with E-state index >= 15 is 0 Å². The molecule has 6 radical (unpaired) electrons. The summed E-state index contributed by atoms with van der Waals surface area (Å²) in [6, 6.07) is 0. The summed E-state index contributed by atoms with van der Waals surface area (Å²) in [6.45, 7) is 13.5. The Morgan fingerprint density at radius 3 is 1.54 bits per heavy atom. The molecule has 3 nitrogen and oxygen atoms in total. The predicted molar refractivity (Wildman–Crippen MR) is 46.1 cm³/mol. The van der Waals surface area contributed by atoms with Gasteiger partial charge in [0.2, 0.25) is 0 Å². The molecule has 0 atom stereocenters. The first-order chi connectivity index (χ1) is 5.89. The fourth-order valence-corrected chi connectivity index (χ4v) is 0.857. The molecule has 5 heteroatoms. The molecule has 0 aromatic rings. The average molecular weight is 269 g/mol. The molecule has 1 aliphatic rings. The summed E-state index contributed by atoms with van der Waals surface area (Å²) >= 11 is 2.07. The van der Waals surface area contributed by atoms with Crippen LogP contribution in [0.2, 0.25) is 0 Å². The van der Waals surface area contributed by atoms with Gasteiger partial charge in [-0.2, -0.15) is 0 Å². The Labute approximate surface area is 112 Å². The Morgan fingerprint density at radius 2 is 1.46 bits per heavy atom. The fraction of sp³-hybridized carbons (Fsp3) is 0.125. The Bertz CT molecular complexity index is 144. The van der Waals surface area contributed by atoms with Crippen LogP contribution in [-0.4, -0.2) is 49.9 Å². The van der Waals surface area contributed by atoms with Crippen LogP contribution < -0.4 is 0 Å². The summed E-state index contributed by atoms with van der Waals surface area (Å²) in [6.07, 6.45) is 7.57. The molecular weight excluding hydrogens is 263 g/mol. The summed E-state index contributed by atoms with van der Waals surface area (Å²) in [5.74, 6) is 0. The molecule has 0 unspecified atom stereocenters. The molecule has 0 aliphatic heterocycles. The molecule has 0 amide bonds. The molecule has 0 fully saturated rings. The SMILES string of the molecule is [C]=O.[C]=O.[C]=O.[Mo][C]1=CC=CC1.[NaH]. The van der Waals surface area contributed by atoms with Crippen LogP contribution in [0.3, 0.4) is 0 Å². The molecule has 0 aromatic carbocycles. The van der Waals surface area contributed by atoms with Crippen molar-refractivity contribution < 1.29 is 34.2 Å². The number of allylic oxidation sites excluding steroid dienone is 4. The van der Waals surface area contributed by atoms with Gasteiger partial charge in [0, 0.05) is 0 Å². The summed E-state index contributed by atoms with van der Waals surface area (Å²) in [7, 11) is 0. The van der Waals surface area contributed by atoms with E-state index in [1.165, 1.54) is 10.4 Å². The zero-order valence-corrected chi connectivity index (χ0v) is 8.08. The fourth-order valence-electron chi connectivity index (χ4n) is 0.428. The van der Waals surface area contributed by atoms with E-state index in [-0.39, 0.29) is 29.6 Å². The van der Waals surface area contributed by atoms with Crippen molar-refractivity contribution in [2.45, 2.75) is 6.42 Å². The second kappa shape index (κ2) is 29.5. The zero-order valence-electron chi connectivity index (χ0n) is 6.07. The van der Waals surface area contributed by atoms with Crippen LogP contribution in [0.25, 0.3) is 0 Å². The van der Waals surface area contributed by atoms with Gasteiger partial charge in [-0.05, 0) is 0 Å². The first kappa shape index (κ1) is 23.2. The number of hydrogen-bond donors (Lipinski definition) is 0. The van der Waals surface area contributed by atoms with Crippen LogP contribution in [-0.2, 0) is 34.2 Å². The van der Waals surface area contributed by atoms with E-state index < -0.39 is 0 Å². The van der Waals surface area contributed by atoms with E-state index in [1.54, 1.807) is 0 Å². The third kappa shape index (κ3) is 24.5. The Hall–Kier alpha value is 0.178. The van der Waals surface area contributed by atoms with Gasteiger partial charge >= 0.3 is 78.0 Å². The molecule has 0 spiro atoms. The second-order valence-corrected chi connectivity index (χ2v) is 2.55. The Kier molecular flexibility index (Phi) is 52.7. The van der Waals surface area contributed by atoms with Gasteiger partial charge in [0.05, 0.1) is 0 Å². The molecular formula is C8H6MoNaO3. The van der Waals surface area contributed by atoms with E-state index in [1.807, 2.05) is 0 Å². The van der Waals surface area contributed by atoms with Crippen molar-refractivity contribution in [3.63, 3.8) is 0 Å². The van der Waals surface area contributed by atoms with E-state index in [9.17, 15) is 0 Å². The quantitative estimate of drug-likeness (QED) is 0.559. The first-order valence-electron chi connectivity index (χ1n) is 2.53. The molecule has 1 aliphatic carbocycles. The monoisotopic (exact) mass is 271 g/mol.